The Balaban J connectivity index is 1.79. The normalized spacial score (nSPS) is 22.4. The van der Waals surface area contributed by atoms with E-state index in [1.807, 2.05) is 19.1 Å². The van der Waals surface area contributed by atoms with Gasteiger partial charge in [0, 0.05) is 25.0 Å². The van der Waals surface area contributed by atoms with Crippen LogP contribution in [0.25, 0.3) is 6.08 Å². The van der Waals surface area contributed by atoms with Crippen molar-refractivity contribution in [2.75, 3.05) is 6.54 Å². The van der Waals surface area contributed by atoms with E-state index in [9.17, 15) is 9.59 Å². The van der Waals surface area contributed by atoms with Crippen LogP contribution in [0, 0.1) is 0 Å². The van der Waals surface area contributed by atoms with Gasteiger partial charge in [-0.1, -0.05) is 12.8 Å². The summed E-state index contributed by atoms with van der Waals surface area (Å²) in [4.78, 5) is 25.5. The van der Waals surface area contributed by atoms with E-state index in [4.69, 9.17) is 0 Å². The first-order valence-electron chi connectivity index (χ1n) is 7.12. The number of likely N-dealkylation sites (N-methyl/N-ethyl adjacent to an activating group) is 1. The standard InChI is InChI=1S/C15H18N2O2S/c1-2-17-14(18)13(20-15(17)19)9-11-7-8-16(10-11)12-5-3-4-6-12/h7-10,12H,2-6H2,1H3/b13-9+. The lowest BCUT2D eigenvalue weighted by atomic mass is 10.2. The Morgan fingerprint density at radius 2 is 2.10 bits per heavy atom. The molecular formula is C15H18N2O2S. The first kappa shape index (κ1) is 13.5. The van der Waals surface area contributed by atoms with Gasteiger partial charge in [0.1, 0.15) is 0 Å². The van der Waals surface area contributed by atoms with Crippen molar-refractivity contribution in [2.24, 2.45) is 0 Å². The average molecular weight is 290 g/mol. The van der Waals surface area contributed by atoms with Gasteiger partial charge in [0.25, 0.3) is 11.1 Å². The van der Waals surface area contributed by atoms with Crippen molar-refractivity contribution in [1.82, 2.24) is 9.47 Å². The molecule has 4 nitrogen and oxygen atoms in total. The highest BCUT2D eigenvalue weighted by Crippen LogP contribution is 2.33. The summed E-state index contributed by atoms with van der Waals surface area (Å²) in [5.74, 6) is -0.170. The maximum absolute atomic E-state index is 12.0. The predicted molar refractivity (Wildman–Crippen MR) is 80.3 cm³/mol. The van der Waals surface area contributed by atoms with E-state index in [1.165, 1.54) is 30.6 Å². The van der Waals surface area contributed by atoms with Gasteiger partial charge in [-0.15, -0.1) is 0 Å². The molecule has 106 valence electrons. The van der Waals surface area contributed by atoms with E-state index in [0.29, 0.717) is 17.5 Å². The SMILES string of the molecule is CCN1C(=O)S/C(=C/c2ccn(C3CCCC3)c2)C1=O. The molecule has 0 atom stereocenters. The van der Waals surface area contributed by atoms with Crippen molar-refractivity contribution in [3.8, 4) is 0 Å². The van der Waals surface area contributed by atoms with Gasteiger partial charge in [-0.25, -0.2) is 0 Å². The van der Waals surface area contributed by atoms with Crippen LogP contribution in [-0.4, -0.2) is 27.2 Å². The molecule has 2 heterocycles. The summed E-state index contributed by atoms with van der Waals surface area (Å²) in [7, 11) is 0. The van der Waals surface area contributed by atoms with Crippen LogP contribution >= 0.6 is 11.8 Å². The summed E-state index contributed by atoms with van der Waals surface area (Å²) in [6.45, 7) is 2.25. The summed E-state index contributed by atoms with van der Waals surface area (Å²) < 4.78 is 2.24. The Hall–Kier alpha value is -1.49. The van der Waals surface area contributed by atoms with E-state index in [-0.39, 0.29) is 11.1 Å². The quantitative estimate of drug-likeness (QED) is 0.798. The molecule has 20 heavy (non-hydrogen) atoms. The number of imide groups is 1. The highest BCUT2D eigenvalue weighted by atomic mass is 32.2. The van der Waals surface area contributed by atoms with Gasteiger partial charge in [0.15, 0.2) is 0 Å². The van der Waals surface area contributed by atoms with Crippen LogP contribution in [0.1, 0.15) is 44.2 Å². The molecule has 0 N–H and O–H groups in total. The minimum Gasteiger partial charge on any atom is -0.351 e. The molecule has 2 fully saturated rings. The molecule has 0 unspecified atom stereocenters. The van der Waals surface area contributed by atoms with Gasteiger partial charge in [0.05, 0.1) is 4.91 Å². The maximum atomic E-state index is 12.0. The Morgan fingerprint density at radius 1 is 1.35 bits per heavy atom. The second-order valence-electron chi connectivity index (χ2n) is 5.26. The Bertz CT molecular complexity index is 570. The zero-order valence-corrected chi connectivity index (χ0v) is 12.4. The Kier molecular flexibility index (Phi) is 3.70. The van der Waals surface area contributed by atoms with Crippen LogP contribution in [0.15, 0.2) is 23.4 Å². The number of hydrogen-bond acceptors (Lipinski definition) is 3. The molecule has 0 aromatic carbocycles. The lowest BCUT2D eigenvalue weighted by Gasteiger charge is -2.10. The molecule has 1 saturated heterocycles. The highest BCUT2D eigenvalue weighted by molar-refractivity contribution is 8.18. The molecule has 2 aliphatic rings. The van der Waals surface area contributed by atoms with Gasteiger partial charge in [-0.2, -0.15) is 0 Å². The van der Waals surface area contributed by atoms with Crippen molar-refractivity contribution in [3.63, 3.8) is 0 Å². The van der Waals surface area contributed by atoms with E-state index in [2.05, 4.69) is 17.0 Å². The largest absolute Gasteiger partial charge is 0.351 e. The lowest BCUT2D eigenvalue weighted by Crippen LogP contribution is -2.27. The van der Waals surface area contributed by atoms with Crippen molar-refractivity contribution in [1.29, 1.82) is 0 Å². The van der Waals surface area contributed by atoms with E-state index < -0.39 is 0 Å². The first-order chi connectivity index (χ1) is 9.69. The van der Waals surface area contributed by atoms with E-state index >= 15 is 0 Å². The van der Waals surface area contributed by atoms with E-state index in [1.54, 1.807) is 0 Å². The van der Waals surface area contributed by atoms with Gasteiger partial charge < -0.3 is 4.57 Å². The molecular weight excluding hydrogens is 272 g/mol. The molecule has 0 radical (unpaired) electrons. The zero-order chi connectivity index (χ0) is 14.1. The molecule has 0 bridgehead atoms. The summed E-state index contributed by atoms with van der Waals surface area (Å²) in [5, 5.41) is -0.168. The van der Waals surface area contributed by atoms with Crippen LogP contribution in [-0.2, 0) is 4.79 Å². The number of aromatic nitrogens is 1. The second kappa shape index (κ2) is 5.48. The minimum atomic E-state index is -0.170. The van der Waals surface area contributed by atoms with Crippen LogP contribution in [0.5, 0.6) is 0 Å². The van der Waals surface area contributed by atoms with Crippen LogP contribution in [0.3, 0.4) is 0 Å². The number of nitrogens with zero attached hydrogens (tertiary/aromatic N) is 2. The smallest absolute Gasteiger partial charge is 0.293 e. The monoisotopic (exact) mass is 290 g/mol. The molecule has 5 heteroatoms. The molecule has 1 aromatic heterocycles. The van der Waals surface area contributed by atoms with Gasteiger partial charge in [-0.05, 0) is 49.2 Å². The highest BCUT2D eigenvalue weighted by Gasteiger charge is 2.33. The van der Waals surface area contributed by atoms with Crippen molar-refractivity contribution < 1.29 is 9.59 Å². The molecule has 1 aliphatic carbocycles. The summed E-state index contributed by atoms with van der Waals surface area (Å²) in [5.41, 5.74) is 0.999. The fourth-order valence-corrected chi connectivity index (χ4v) is 3.77. The second-order valence-corrected chi connectivity index (χ2v) is 6.25. The number of carbonyl (C=O) groups excluding carboxylic acids is 2. The Morgan fingerprint density at radius 3 is 2.75 bits per heavy atom. The summed E-state index contributed by atoms with van der Waals surface area (Å²) in [6, 6.07) is 2.61. The molecule has 2 amide bonds. The van der Waals surface area contributed by atoms with Crippen molar-refractivity contribution in [2.45, 2.75) is 38.6 Å². The summed E-state index contributed by atoms with van der Waals surface area (Å²) >= 11 is 1.03. The number of hydrogen-bond donors (Lipinski definition) is 0. The lowest BCUT2D eigenvalue weighted by molar-refractivity contribution is -0.122. The third-order valence-electron chi connectivity index (χ3n) is 3.97. The van der Waals surface area contributed by atoms with Crippen LogP contribution in [0.4, 0.5) is 4.79 Å². The fourth-order valence-electron chi connectivity index (χ4n) is 2.87. The van der Waals surface area contributed by atoms with E-state index in [0.717, 1.165) is 17.3 Å². The van der Waals surface area contributed by atoms with Gasteiger partial charge in [-0.3, -0.25) is 14.5 Å². The molecule has 1 aromatic rings. The minimum absolute atomic E-state index is 0.168. The maximum Gasteiger partial charge on any atom is 0.293 e. The summed E-state index contributed by atoms with van der Waals surface area (Å²) in [6.07, 6.45) is 11.1. The molecule has 1 saturated carbocycles. The third-order valence-corrected chi connectivity index (χ3v) is 4.88. The molecule has 3 rings (SSSR count). The molecule has 0 spiro atoms. The first-order valence-corrected chi connectivity index (χ1v) is 7.93. The fraction of sp³-hybridized carbons (Fsp3) is 0.467. The van der Waals surface area contributed by atoms with Crippen molar-refractivity contribution >= 4 is 29.0 Å². The number of carbonyl (C=O) groups is 2. The average Bonchev–Trinajstić information content (AvgIpc) is 3.12. The Labute approximate surface area is 122 Å². The topological polar surface area (TPSA) is 42.3 Å². The van der Waals surface area contributed by atoms with Crippen LogP contribution in [0.2, 0.25) is 0 Å². The van der Waals surface area contributed by atoms with Gasteiger partial charge >= 0.3 is 0 Å². The third kappa shape index (κ3) is 2.42. The number of thioether (sulfide) groups is 1. The predicted octanol–water partition coefficient (Wildman–Crippen LogP) is 3.66. The zero-order valence-electron chi connectivity index (χ0n) is 11.5. The molecule has 1 aliphatic heterocycles. The van der Waals surface area contributed by atoms with Crippen LogP contribution < -0.4 is 0 Å². The van der Waals surface area contributed by atoms with Gasteiger partial charge in [0.2, 0.25) is 0 Å². The van der Waals surface area contributed by atoms with Crippen molar-refractivity contribution in [3.05, 3.63) is 28.9 Å². The number of rotatable bonds is 3. The number of amides is 2.